The van der Waals surface area contributed by atoms with Crippen LogP contribution in [0, 0.1) is 10.9 Å². The molecule has 1 aliphatic rings. The number of likely N-dealkylation sites (tertiary alicyclic amines) is 1. The standard InChI is InChI=1S/C14H23N3OS2/c1-4-16(5-2)11-6-7-17(9-11)13(18)8-12-10(3)15-14(19)20-12/h11H,4-9H2,1-3H3,(H,15,19). The van der Waals surface area contributed by atoms with E-state index in [2.05, 4.69) is 23.7 Å². The summed E-state index contributed by atoms with van der Waals surface area (Å²) in [7, 11) is 0. The largest absolute Gasteiger partial charge is 0.341 e. The van der Waals surface area contributed by atoms with Crippen LogP contribution in [0.2, 0.25) is 0 Å². The average molecular weight is 313 g/mol. The predicted molar refractivity (Wildman–Crippen MR) is 85.9 cm³/mol. The lowest BCUT2D eigenvalue weighted by Crippen LogP contribution is -2.39. The summed E-state index contributed by atoms with van der Waals surface area (Å²) in [6.45, 7) is 10.2. The van der Waals surface area contributed by atoms with E-state index < -0.39 is 0 Å². The van der Waals surface area contributed by atoms with Crippen molar-refractivity contribution in [3.05, 3.63) is 14.5 Å². The van der Waals surface area contributed by atoms with Crippen molar-refractivity contribution >= 4 is 29.5 Å². The Kier molecular flexibility index (Phi) is 5.35. The van der Waals surface area contributed by atoms with E-state index in [9.17, 15) is 4.79 Å². The third-order valence-electron chi connectivity index (χ3n) is 4.08. The number of rotatable bonds is 5. The smallest absolute Gasteiger partial charge is 0.227 e. The first-order valence-electron chi connectivity index (χ1n) is 7.25. The van der Waals surface area contributed by atoms with Gasteiger partial charge in [0.1, 0.15) is 0 Å². The van der Waals surface area contributed by atoms with Crippen LogP contribution >= 0.6 is 23.6 Å². The van der Waals surface area contributed by atoms with Crippen molar-refractivity contribution in [2.75, 3.05) is 26.2 Å². The number of likely N-dealkylation sites (N-methyl/N-ethyl adjacent to an activating group) is 1. The highest BCUT2D eigenvalue weighted by atomic mass is 32.1. The van der Waals surface area contributed by atoms with Crippen LogP contribution in [0.1, 0.15) is 30.8 Å². The number of aromatic amines is 1. The van der Waals surface area contributed by atoms with Crippen molar-refractivity contribution in [2.24, 2.45) is 0 Å². The van der Waals surface area contributed by atoms with Gasteiger partial charge >= 0.3 is 0 Å². The zero-order valence-corrected chi connectivity index (χ0v) is 14.1. The fourth-order valence-corrected chi connectivity index (χ4v) is 4.14. The number of amides is 1. The zero-order chi connectivity index (χ0) is 14.7. The Balaban J connectivity index is 1.94. The van der Waals surface area contributed by atoms with Crippen LogP contribution in [0.5, 0.6) is 0 Å². The minimum Gasteiger partial charge on any atom is -0.341 e. The maximum atomic E-state index is 12.4. The summed E-state index contributed by atoms with van der Waals surface area (Å²) >= 11 is 6.64. The molecule has 112 valence electrons. The monoisotopic (exact) mass is 313 g/mol. The van der Waals surface area contributed by atoms with Crippen LogP contribution < -0.4 is 0 Å². The molecule has 20 heavy (non-hydrogen) atoms. The van der Waals surface area contributed by atoms with Gasteiger partial charge in [0.15, 0.2) is 3.95 Å². The fourth-order valence-electron chi connectivity index (χ4n) is 2.86. The molecule has 1 aromatic rings. The number of nitrogens with zero attached hydrogens (tertiary/aromatic N) is 2. The van der Waals surface area contributed by atoms with Gasteiger partial charge < -0.3 is 9.88 Å². The second-order valence-electron chi connectivity index (χ2n) is 5.24. The van der Waals surface area contributed by atoms with Crippen LogP contribution in [0.4, 0.5) is 0 Å². The highest BCUT2D eigenvalue weighted by Crippen LogP contribution is 2.20. The topological polar surface area (TPSA) is 39.3 Å². The number of thiazole rings is 1. The maximum absolute atomic E-state index is 12.4. The van der Waals surface area contributed by atoms with Crippen LogP contribution in [-0.2, 0) is 11.2 Å². The Morgan fingerprint density at radius 2 is 2.20 bits per heavy atom. The van der Waals surface area contributed by atoms with E-state index in [-0.39, 0.29) is 5.91 Å². The number of hydrogen-bond donors (Lipinski definition) is 1. The van der Waals surface area contributed by atoms with Crippen LogP contribution in [0.3, 0.4) is 0 Å². The predicted octanol–water partition coefficient (Wildman–Crippen LogP) is 2.60. The molecule has 1 unspecified atom stereocenters. The van der Waals surface area contributed by atoms with Gasteiger partial charge in [0.05, 0.1) is 6.42 Å². The Hall–Kier alpha value is -0.720. The van der Waals surface area contributed by atoms with E-state index in [1.54, 1.807) is 0 Å². The number of hydrogen-bond acceptors (Lipinski definition) is 4. The summed E-state index contributed by atoms with van der Waals surface area (Å²) in [6, 6.07) is 0.527. The highest BCUT2D eigenvalue weighted by Gasteiger charge is 2.29. The molecule has 1 saturated heterocycles. The third kappa shape index (κ3) is 3.48. The molecule has 0 aromatic carbocycles. The van der Waals surface area contributed by atoms with E-state index in [1.165, 1.54) is 11.3 Å². The Morgan fingerprint density at radius 1 is 1.50 bits per heavy atom. The number of aromatic nitrogens is 1. The molecule has 1 amide bonds. The van der Waals surface area contributed by atoms with E-state index in [0.717, 1.165) is 47.1 Å². The van der Waals surface area contributed by atoms with Crippen LogP contribution in [-0.4, -0.2) is 52.9 Å². The number of H-pyrrole nitrogens is 1. The third-order valence-corrected chi connectivity index (χ3v) is 5.42. The summed E-state index contributed by atoms with van der Waals surface area (Å²) in [4.78, 5) is 21.0. The first-order valence-corrected chi connectivity index (χ1v) is 8.48. The van der Waals surface area contributed by atoms with Gasteiger partial charge in [-0.1, -0.05) is 13.8 Å². The van der Waals surface area contributed by atoms with Gasteiger partial charge in [-0.25, -0.2) is 0 Å². The average Bonchev–Trinajstić information content (AvgIpc) is 2.99. The van der Waals surface area contributed by atoms with Gasteiger partial charge in [-0.3, -0.25) is 9.69 Å². The molecule has 0 saturated carbocycles. The second-order valence-corrected chi connectivity index (χ2v) is 7.01. The molecule has 4 nitrogen and oxygen atoms in total. The molecule has 0 spiro atoms. The highest BCUT2D eigenvalue weighted by molar-refractivity contribution is 7.73. The first kappa shape index (κ1) is 15.7. The summed E-state index contributed by atoms with van der Waals surface area (Å²) in [5.41, 5.74) is 1.04. The molecular formula is C14H23N3OS2. The molecule has 1 atom stereocenters. The summed E-state index contributed by atoms with van der Waals surface area (Å²) in [6.07, 6.45) is 1.57. The number of carbonyl (C=O) groups is 1. The molecule has 0 aliphatic carbocycles. The number of carbonyl (C=O) groups excluding carboxylic acids is 1. The lowest BCUT2D eigenvalue weighted by molar-refractivity contribution is -0.129. The molecule has 2 rings (SSSR count). The van der Waals surface area contributed by atoms with E-state index >= 15 is 0 Å². The van der Waals surface area contributed by atoms with E-state index in [0.29, 0.717) is 12.5 Å². The van der Waals surface area contributed by atoms with Crippen molar-refractivity contribution in [1.82, 2.24) is 14.8 Å². The van der Waals surface area contributed by atoms with E-state index in [1.807, 2.05) is 11.8 Å². The lowest BCUT2D eigenvalue weighted by Gasteiger charge is -2.26. The summed E-state index contributed by atoms with van der Waals surface area (Å²) in [5.74, 6) is 0.230. The number of nitrogens with one attached hydrogen (secondary N) is 1. The van der Waals surface area contributed by atoms with Gasteiger partial charge in [0, 0.05) is 29.7 Å². The van der Waals surface area contributed by atoms with Crippen molar-refractivity contribution < 1.29 is 4.79 Å². The molecule has 1 fully saturated rings. The summed E-state index contributed by atoms with van der Waals surface area (Å²) < 4.78 is 0.757. The Labute approximate surface area is 129 Å². The van der Waals surface area contributed by atoms with Gasteiger partial charge in [-0.15, -0.1) is 11.3 Å². The van der Waals surface area contributed by atoms with Crippen LogP contribution in [0.25, 0.3) is 0 Å². The summed E-state index contributed by atoms with van der Waals surface area (Å²) in [5, 5.41) is 0. The SMILES string of the molecule is CCN(CC)C1CCN(C(=O)Cc2sc(=S)[nH]c2C)C1. The lowest BCUT2D eigenvalue weighted by atomic mass is 10.2. The number of aryl methyl sites for hydroxylation is 1. The van der Waals surface area contributed by atoms with Gasteiger partial charge in [0.2, 0.25) is 5.91 Å². The van der Waals surface area contributed by atoms with E-state index in [4.69, 9.17) is 12.2 Å². The minimum absolute atomic E-state index is 0.230. The van der Waals surface area contributed by atoms with Crippen LogP contribution in [0.15, 0.2) is 0 Å². The first-order chi connectivity index (χ1) is 9.55. The minimum atomic E-state index is 0.230. The molecular weight excluding hydrogens is 290 g/mol. The van der Waals surface area contributed by atoms with Crippen molar-refractivity contribution in [2.45, 2.75) is 39.7 Å². The molecule has 1 aromatic heterocycles. The normalized spacial score (nSPS) is 19.0. The molecule has 6 heteroatoms. The Morgan fingerprint density at radius 3 is 2.75 bits per heavy atom. The Bertz CT molecular complexity index is 519. The van der Waals surface area contributed by atoms with Gasteiger partial charge in [0.25, 0.3) is 0 Å². The zero-order valence-electron chi connectivity index (χ0n) is 12.4. The molecule has 2 heterocycles. The molecule has 0 bridgehead atoms. The molecule has 1 aliphatic heterocycles. The van der Waals surface area contributed by atoms with Gasteiger partial charge in [-0.05, 0) is 38.7 Å². The quantitative estimate of drug-likeness (QED) is 0.849. The molecule has 1 N–H and O–H groups in total. The van der Waals surface area contributed by atoms with Gasteiger partial charge in [-0.2, -0.15) is 0 Å². The fraction of sp³-hybridized carbons (Fsp3) is 0.714. The van der Waals surface area contributed by atoms with Crippen molar-refractivity contribution in [1.29, 1.82) is 0 Å². The van der Waals surface area contributed by atoms with Crippen molar-refractivity contribution in [3.63, 3.8) is 0 Å². The maximum Gasteiger partial charge on any atom is 0.227 e. The molecule has 0 radical (unpaired) electrons. The van der Waals surface area contributed by atoms with Crippen molar-refractivity contribution in [3.8, 4) is 0 Å². The second kappa shape index (κ2) is 6.83.